The second-order valence-corrected chi connectivity index (χ2v) is 7.22. The number of amides is 1. The lowest BCUT2D eigenvalue weighted by molar-refractivity contribution is 0.0927. The van der Waals surface area contributed by atoms with Gasteiger partial charge in [0.05, 0.1) is 12.4 Å². The minimum absolute atomic E-state index is 0.00753. The van der Waals surface area contributed by atoms with Crippen LogP contribution in [-0.2, 0) is 6.42 Å². The van der Waals surface area contributed by atoms with E-state index in [1.54, 1.807) is 18.3 Å². The van der Waals surface area contributed by atoms with Crippen LogP contribution in [0, 0.1) is 19.7 Å². The van der Waals surface area contributed by atoms with Gasteiger partial charge in [0.2, 0.25) is 11.7 Å². The predicted octanol–water partition coefficient (Wildman–Crippen LogP) is 3.12. The Hall–Kier alpha value is -4.08. The maximum atomic E-state index is 13.8. The number of hydrogen-bond acceptors (Lipinski definition) is 7. The van der Waals surface area contributed by atoms with Crippen LogP contribution in [0.25, 0.3) is 0 Å². The van der Waals surface area contributed by atoms with Crippen LogP contribution < -0.4 is 10.6 Å². The van der Waals surface area contributed by atoms with E-state index in [1.807, 2.05) is 20.0 Å². The minimum Gasteiger partial charge on any atom is -0.446 e. The Kier molecular flexibility index (Phi) is 6.20. The fourth-order valence-corrected chi connectivity index (χ4v) is 3.19. The fourth-order valence-electron chi connectivity index (χ4n) is 3.19. The van der Waals surface area contributed by atoms with Gasteiger partial charge < -0.3 is 15.1 Å². The number of carbonyl (C=O) groups is 1. The maximum absolute atomic E-state index is 13.8. The quantitative estimate of drug-likeness (QED) is 0.389. The molecule has 0 saturated carbocycles. The van der Waals surface area contributed by atoms with Gasteiger partial charge in [-0.05, 0) is 43.5 Å². The highest BCUT2D eigenvalue weighted by molar-refractivity contribution is 5.91. The molecule has 4 rings (SSSR count). The van der Waals surface area contributed by atoms with Crippen molar-refractivity contribution >= 4 is 11.7 Å². The molecule has 3 aromatic heterocycles. The van der Waals surface area contributed by atoms with Crippen LogP contribution in [0.15, 0.2) is 53.5 Å². The molecule has 3 N–H and O–H groups in total. The lowest BCUT2D eigenvalue weighted by Gasteiger charge is -2.17. The van der Waals surface area contributed by atoms with Crippen LogP contribution in [-0.4, -0.2) is 37.6 Å². The number of nitrogens with one attached hydrogen (secondary N) is 3. The molecule has 0 aliphatic carbocycles. The molecule has 164 valence electrons. The third kappa shape index (κ3) is 4.80. The largest absolute Gasteiger partial charge is 0.446 e. The summed E-state index contributed by atoms with van der Waals surface area (Å²) >= 11 is 0. The number of benzene rings is 1. The summed E-state index contributed by atoms with van der Waals surface area (Å²) in [5.41, 5.74) is 3.07. The number of anilines is 1. The molecule has 0 fully saturated rings. The molecular formula is C22H22FN7O2. The summed E-state index contributed by atoms with van der Waals surface area (Å²) in [4.78, 5) is 25.9. The summed E-state index contributed by atoms with van der Waals surface area (Å²) in [6.07, 6.45) is 7.18. The van der Waals surface area contributed by atoms with Crippen LogP contribution in [0.2, 0.25) is 0 Å². The number of aromatic amines is 1. The summed E-state index contributed by atoms with van der Waals surface area (Å²) in [5, 5.41) is 12.8. The van der Waals surface area contributed by atoms with Crippen molar-refractivity contribution in [1.29, 1.82) is 0 Å². The number of aromatic nitrogens is 5. The van der Waals surface area contributed by atoms with E-state index < -0.39 is 17.8 Å². The Morgan fingerprint density at radius 2 is 2.16 bits per heavy atom. The van der Waals surface area contributed by atoms with E-state index in [0.29, 0.717) is 23.6 Å². The summed E-state index contributed by atoms with van der Waals surface area (Å²) in [5.74, 6) is -0.166. The van der Waals surface area contributed by atoms with Gasteiger partial charge in [-0.1, -0.05) is 12.1 Å². The highest BCUT2D eigenvalue weighted by Gasteiger charge is 2.24. The zero-order chi connectivity index (χ0) is 22.5. The number of aryl methyl sites for hydroxylation is 1. The highest BCUT2D eigenvalue weighted by atomic mass is 19.1. The van der Waals surface area contributed by atoms with Gasteiger partial charge in [0.15, 0.2) is 0 Å². The van der Waals surface area contributed by atoms with Gasteiger partial charge in [0.25, 0.3) is 5.91 Å². The number of oxazole rings is 1. The van der Waals surface area contributed by atoms with Crippen molar-refractivity contribution in [2.75, 3.05) is 11.9 Å². The average molecular weight is 435 g/mol. The normalized spacial score (nSPS) is 11.8. The van der Waals surface area contributed by atoms with Crippen LogP contribution >= 0.6 is 0 Å². The van der Waals surface area contributed by atoms with E-state index in [4.69, 9.17) is 4.42 Å². The predicted molar refractivity (Wildman–Crippen MR) is 114 cm³/mol. The number of rotatable bonds is 8. The zero-order valence-corrected chi connectivity index (χ0v) is 17.6. The third-order valence-corrected chi connectivity index (χ3v) is 5.01. The molecule has 4 aromatic rings. The van der Waals surface area contributed by atoms with Crippen LogP contribution in [0.3, 0.4) is 0 Å². The fraction of sp³-hybridized carbons (Fsp3) is 0.227. The van der Waals surface area contributed by atoms with E-state index >= 15 is 0 Å². The first-order valence-electron chi connectivity index (χ1n) is 10.0. The molecule has 0 aliphatic heterocycles. The van der Waals surface area contributed by atoms with E-state index in [2.05, 4.69) is 35.8 Å². The van der Waals surface area contributed by atoms with Crippen molar-refractivity contribution < 1.29 is 13.6 Å². The van der Waals surface area contributed by atoms with Crippen LogP contribution in [0.4, 0.5) is 10.2 Å². The lowest BCUT2D eigenvalue weighted by atomic mass is 10.1. The molecule has 9 nitrogen and oxygen atoms in total. The van der Waals surface area contributed by atoms with Crippen LogP contribution in [0.5, 0.6) is 0 Å². The molecule has 0 spiro atoms. The molecule has 0 bridgehead atoms. The Labute approximate surface area is 183 Å². The monoisotopic (exact) mass is 435 g/mol. The molecule has 1 aromatic carbocycles. The molecule has 0 aliphatic rings. The zero-order valence-electron chi connectivity index (χ0n) is 17.6. The number of halogens is 1. The van der Waals surface area contributed by atoms with Crippen molar-refractivity contribution in [3.05, 3.63) is 89.0 Å². The number of H-pyrrole nitrogens is 1. The summed E-state index contributed by atoms with van der Waals surface area (Å²) in [6.45, 7) is 4.31. The van der Waals surface area contributed by atoms with Gasteiger partial charge in [0.1, 0.15) is 23.9 Å². The molecule has 1 unspecified atom stereocenters. The Balaban J connectivity index is 1.55. The second kappa shape index (κ2) is 9.38. The van der Waals surface area contributed by atoms with Crippen LogP contribution in [0.1, 0.15) is 44.9 Å². The van der Waals surface area contributed by atoms with Gasteiger partial charge in [-0.3, -0.25) is 9.89 Å². The van der Waals surface area contributed by atoms with Crippen molar-refractivity contribution in [1.82, 2.24) is 30.5 Å². The van der Waals surface area contributed by atoms with Gasteiger partial charge in [-0.15, -0.1) is 0 Å². The van der Waals surface area contributed by atoms with Gasteiger partial charge in [-0.25, -0.2) is 19.3 Å². The standard InChI is InChI=1S/C22H22FN7O2/c1-13-14(2)28-20(30-19(13)24-7-6-15-11-26-27-12-15)21(31)29-18(22-25-8-9-32-22)16-4-3-5-17(23)10-16/h3-5,8-12,18H,6-7H2,1-2H3,(H,26,27)(H,29,31)(H,24,28,30). The molecule has 0 radical (unpaired) electrons. The summed E-state index contributed by atoms with van der Waals surface area (Å²) < 4.78 is 19.2. The van der Waals surface area contributed by atoms with Crippen molar-refractivity contribution in [2.45, 2.75) is 26.3 Å². The highest BCUT2D eigenvalue weighted by Crippen LogP contribution is 2.22. The Morgan fingerprint density at radius 1 is 1.28 bits per heavy atom. The first kappa shape index (κ1) is 21.2. The van der Waals surface area contributed by atoms with Gasteiger partial charge in [-0.2, -0.15) is 5.10 Å². The third-order valence-electron chi connectivity index (χ3n) is 5.01. The first-order chi connectivity index (χ1) is 15.5. The molecular weight excluding hydrogens is 413 g/mol. The second-order valence-electron chi connectivity index (χ2n) is 7.22. The summed E-state index contributed by atoms with van der Waals surface area (Å²) in [6, 6.07) is 5.09. The van der Waals surface area contributed by atoms with E-state index in [1.165, 1.54) is 24.6 Å². The Morgan fingerprint density at radius 3 is 2.88 bits per heavy atom. The van der Waals surface area contributed by atoms with Gasteiger partial charge >= 0.3 is 0 Å². The summed E-state index contributed by atoms with van der Waals surface area (Å²) in [7, 11) is 0. The lowest BCUT2D eigenvalue weighted by Crippen LogP contribution is -2.31. The number of carbonyl (C=O) groups excluding carboxylic acids is 1. The topological polar surface area (TPSA) is 122 Å². The maximum Gasteiger partial charge on any atom is 0.290 e. The van der Waals surface area contributed by atoms with E-state index in [-0.39, 0.29) is 11.7 Å². The molecule has 3 heterocycles. The molecule has 0 saturated heterocycles. The van der Waals surface area contributed by atoms with E-state index in [9.17, 15) is 9.18 Å². The molecule has 1 amide bonds. The number of hydrogen-bond donors (Lipinski definition) is 3. The minimum atomic E-state index is -0.795. The smallest absolute Gasteiger partial charge is 0.290 e. The van der Waals surface area contributed by atoms with Gasteiger partial charge in [0, 0.05) is 24.0 Å². The van der Waals surface area contributed by atoms with E-state index in [0.717, 1.165) is 17.5 Å². The van der Waals surface area contributed by atoms with Crippen molar-refractivity contribution in [2.24, 2.45) is 0 Å². The molecule has 32 heavy (non-hydrogen) atoms. The van der Waals surface area contributed by atoms with Crippen molar-refractivity contribution in [3.63, 3.8) is 0 Å². The molecule has 10 heteroatoms. The first-order valence-corrected chi connectivity index (χ1v) is 10.0. The average Bonchev–Trinajstić information content (AvgIpc) is 3.49. The SMILES string of the molecule is Cc1nc(C(=O)NC(c2cccc(F)c2)c2ncco2)nc(NCCc2cn[nH]c2)c1C. The molecule has 1 atom stereocenters. The Bertz CT molecular complexity index is 1190. The number of nitrogens with zero attached hydrogens (tertiary/aromatic N) is 4. The van der Waals surface area contributed by atoms with Crippen molar-refractivity contribution in [3.8, 4) is 0 Å².